The normalized spacial score (nSPS) is 14.3. The molecule has 0 radical (unpaired) electrons. The summed E-state index contributed by atoms with van der Waals surface area (Å²) in [4.78, 5) is 4.35. The zero-order valence-electron chi connectivity index (χ0n) is 18.5. The number of methoxy groups -OCH3 is 2. The molecule has 0 aliphatic carbocycles. The van der Waals surface area contributed by atoms with Crippen molar-refractivity contribution in [1.82, 2.24) is 4.98 Å². The third kappa shape index (κ3) is 5.58. The van der Waals surface area contributed by atoms with Crippen LogP contribution < -0.4 is 19.3 Å². The van der Waals surface area contributed by atoms with Gasteiger partial charge in [-0.25, -0.2) is 9.55 Å². The van der Waals surface area contributed by atoms with Crippen LogP contribution >= 0.6 is 7.60 Å². The smallest absolute Gasteiger partial charge is 0.401 e. The number of ether oxygens (including phenoxy) is 2. The van der Waals surface area contributed by atoms with Gasteiger partial charge in [0.15, 0.2) is 11.5 Å². The van der Waals surface area contributed by atoms with Crippen molar-refractivity contribution in [2.24, 2.45) is 5.92 Å². The van der Waals surface area contributed by atoms with Crippen molar-refractivity contribution in [1.29, 1.82) is 0 Å². The summed E-state index contributed by atoms with van der Waals surface area (Å²) < 4.78 is 36.2. The number of hydrogen-bond donors (Lipinski definition) is 2. The van der Waals surface area contributed by atoms with Crippen molar-refractivity contribution in [3.8, 4) is 23.0 Å². The second-order valence-electron chi connectivity index (χ2n) is 7.46. The fraction of sp³-hybridized carbons (Fsp3) is 0.476. The van der Waals surface area contributed by atoms with E-state index in [-0.39, 0.29) is 35.0 Å². The molecule has 2 unspecified atom stereocenters. The first-order chi connectivity index (χ1) is 14.1. The standard InChI is InChI=1S/C21H31N2O6P/c1-13(2)21(23-20-15(5)9-8-10-22-20)30(25,28-14(3)4)29-16-11-17(26-6)19(24)18(12-16)27-7/h8-14,21,24H,1-7H3,(H,22,23). The van der Waals surface area contributed by atoms with Crippen LogP contribution in [0.25, 0.3) is 0 Å². The molecule has 0 aliphatic heterocycles. The Balaban J connectivity index is 2.49. The van der Waals surface area contributed by atoms with Gasteiger partial charge in [-0.15, -0.1) is 0 Å². The van der Waals surface area contributed by atoms with Gasteiger partial charge in [-0.3, -0.25) is 4.52 Å². The molecule has 166 valence electrons. The Hall–Kier alpha value is -2.44. The maximum absolute atomic E-state index is 14.1. The highest BCUT2D eigenvalue weighted by atomic mass is 31.2. The van der Waals surface area contributed by atoms with E-state index in [1.165, 1.54) is 26.4 Å². The Labute approximate surface area is 178 Å². The molecule has 0 spiro atoms. The number of aromatic nitrogens is 1. The molecule has 0 aliphatic rings. The molecule has 0 amide bonds. The number of nitrogens with zero attached hydrogens (tertiary/aromatic N) is 1. The van der Waals surface area contributed by atoms with E-state index in [1.807, 2.05) is 32.9 Å². The van der Waals surface area contributed by atoms with Gasteiger partial charge in [0.25, 0.3) is 0 Å². The Morgan fingerprint density at radius 3 is 2.17 bits per heavy atom. The number of aromatic hydroxyl groups is 1. The molecule has 0 saturated heterocycles. The molecule has 9 heteroatoms. The van der Waals surface area contributed by atoms with E-state index >= 15 is 0 Å². The van der Waals surface area contributed by atoms with Crippen LogP contribution in [0.2, 0.25) is 0 Å². The molecule has 2 rings (SSSR count). The monoisotopic (exact) mass is 438 g/mol. The molecule has 30 heavy (non-hydrogen) atoms. The lowest BCUT2D eigenvalue weighted by molar-refractivity contribution is 0.200. The van der Waals surface area contributed by atoms with Gasteiger partial charge in [0, 0.05) is 18.3 Å². The Bertz CT molecular complexity index is 878. The van der Waals surface area contributed by atoms with Gasteiger partial charge >= 0.3 is 7.60 Å². The number of hydrogen-bond acceptors (Lipinski definition) is 8. The van der Waals surface area contributed by atoms with Crippen molar-refractivity contribution in [2.75, 3.05) is 19.5 Å². The summed E-state index contributed by atoms with van der Waals surface area (Å²) in [6, 6.07) is 6.63. The summed E-state index contributed by atoms with van der Waals surface area (Å²) in [6.07, 6.45) is 1.31. The van der Waals surface area contributed by atoms with Crippen LogP contribution in [0.3, 0.4) is 0 Å². The first kappa shape index (κ1) is 23.8. The van der Waals surface area contributed by atoms with E-state index in [9.17, 15) is 9.67 Å². The maximum atomic E-state index is 14.1. The van der Waals surface area contributed by atoms with Crippen molar-refractivity contribution in [3.63, 3.8) is 0 Å². The van der Waals surface area contributed by atoms with Crippen molar-refractivity contribution in [3.05, 3.63) is 36.0 Å². The van der Waals surface area contributed by atoms with Crippen LogP contribution in [0.15, 0.2) is 30.5 Å². The van der Waals surface area contributed by atoms with Crippen LogP contribution in [0.4, 0.5) is 5.82 Å². The molecule has 2 atom stereocenters. The fourth-order valence-corrected chi connectivity index (χ4v) is 5.18. The minimum atomic E-state index is -3.77. The number of phenols is 1. The summed E-state index contributed by atoms with van der Waals surface area (Å²) in [5, 5.41) is 13.4. The molecule has 0 saturated carbocycles. The first-order valence-corrected chi connectivity index (χ1v) is 11.3. The molecule has 1 aromatic heterocycles. The van der Waals surface area contributed by atoms with E-state index in [0.29, 0.717) is 5.82 Å². The van der Waals surface area contributed by atoms with Gasteiger partial charge in [-0.2, -0.15) is 0 Å². The van der Waals surface area contributed by atoms with Gasteiger partial charge in [0.2, 0.25) is 5.75 Å². The lowest BCUT2D eigenvalue weighted by Gasteiger charge is -2.32. The minimum Gasteiger partial charge on any atom is -0.502 e. The summed E-state index contributed by atoms with van der Waals surface area (Å²) >= 11 is 0. The average molecular weight is 438 g/mol. The number of anilines is 1. The van der Waals surface area contributed by atoms with Crippen molar-refractivity contribution >= 4 is 13.4 Å². The number of pyridine rings is 1. The molecule has 2 N–H and O–H groups in total. The number of phenolic OH excluding ortho intramolecular Hbond substituents is 1. The van der Waals surface area contributed by atoms with Crippen LogP contribution in [-0.2, 0) is 9.09 Å². The topological polar surface area (TPSA) is 99.1 Å². The third-order valence-electron chi connectivity index (χ3n) is 4.31. The van der Waals surface area contributed by atoms with Gasteiger partial charge in [0.05, 0.1) is 20.3 Å². The highest BCUT2D eigenvalue weighted by Crippen LogP contribution is 2.57. The molecular weight excluding hydrogens is 407 g/mol. The lowest BCUT2D eigenvalue weighted by Crippen LogP contribution is -2.30. The van der Waals surface area contributed by atoms with E-state index in [4.69, 9.17) is 18.5 Å². The molecule has 1 aromatic carbocycles. The second-order valence-corrected chi connectivity index (χ2v) is 9.49. The number of aryl methyl sites for hydroxylation is 1. The summed E-state index contributed by atoms with van der Waals surface area (Å²) in [7, 11) is -0.953. The van der Waals surface area contributed by atoms with Gasteiger partial charge in [-0.1, -0.05) is 19.9 Å². The molecular formula is C21H31N2O6P. The SMILES string of the molecule is COc1cc(OP(=O)(OC(C)C)C(Nc2ncccc2C)C(C)C)cc(OC)c1O. The Kier molecular flexibility index (Phi) is 7.98. The van der Waals surface area contributed by atoms with Crippen LogP contribution in [0.1, 0.15) is 33.3 Å². The third-order valence-corrected chi connectivity index (χ3v) is 6.90. The van der Waals surface area contributed by atoms with Crippen molar-refractivity contribution in [2.45, 2.75) is 46.5 Å². The minimum absolute atomic E-state index is 0.114. The molecule has 2 aromatic rings. The maximum Gasteiger partial charge on any atom is 0.401 e. The number of nitrogens with one attached hydrogen (secondary N) is 1. The number of benzene rings is 1. The highest BCUT2D eigenvalue weighted by Gasteiger charge is 2.41. The Morgan fingerprint density at radius 2 is 1.70 bits per heavy atom. The summed E-state index contributed by atoms with van der Waals surface area (Å²) in [6.45, 7) is 9.34. The van der Waals surface area contributed by atoms with Gasteiger partial charge in [0.1, 0.15) is 17.4 Å². The zero-order valence-corrected chi connectivity index (χ0v) is 19.4. The summed E-state index contributed by atoms with van der Waals surface area (Å²) in [5.74, 6) is 0.0971. The number of rotatable bonds is 10. The van der Waals surface area contributed by atoms with E-state index < -0.39 is 13.4 Å². The van der Waals surface area contributed by atoms with E-state index in [2.05, 4.69) is 10.3 Å². The average Bonchev–Trinajstić information content (AvgIpc) is 2.67. The van der Waals surface area contributed by atoms with Crippen molar-refractivity contribution < 1.29 is 28.2 Å². The molecule has 0 bridgehead atoms. The van der Waals surface area contributed by atoms with Crippen LogP contribution in [0.5, 0.6) is 23.0 Å². The second kappa shape index (κ2) is 10.0. The lowest BCUT2D eigenvalue weighted by atomic mass is 10.2. The summed E-state index contributed by atoms with van der Waals surface area (Å²) in [5.41, 5.74) is 0.909. The van der Waals surface area contributed by atoms with E-state index in [1.54, 1.807) is 20.0 Å². The molecule has 8 nitrogen and oxygen atoms in total. The Morgan fingerprint density at radius 1 is 1.10 bits per heavy atom. The van der Waals surface area contributed by atoms with Crippen LogP contribution in [0, 0.1) is 12.8 Å². The zero-order chi connectivity index (χ0) is 22.5. The fourth-order valence-electron chi connectivity index (χ4n) is 2.89. The largest absolute Gasteiger partial charge is 0.502 e. The quantitative estimate of drug-likeness (QED) is 0.488. The first-order valence-electron chi connectivity index (χ1n) is 9.72. The predicted octanol–water partition coefficient (Wildman–Crippen LogP) is 5.20. The molecule has 0 fully saturated rings. The van der Waals surface area contributed by atoms with Gasteiger partial charge in [-0.05, 0) is 38.3 Å². The van der Waals surface area contributed by atoms with Crippen LogP contribution in [-0.4, -0.2) is 36.2 Å². The predicted molar refractivity (Wildman–Crippen MR) is 117 cm³/mol. The van der Waals surface area contributed by atoms with Gasteiger partial charge < -0.3 is 24.4 Å². The highest BCUT2D eigenvalue weighted by molar-refractivity contribution is 7.55. The van der Waals surface area contributed by atoms with E-state index in [0.717, 1.165) is 5.56 Å². The molecule has 1 heterocycles.